The van der Waals surface area contributed by atoms with Crippen molar-refractivity contribution in [1.29, 1.82) is 0 Å². The number of hydrogen-bond donors (Lipinski definition) is 3. The van der Waals surface area contributed by atoms with Crippen LogP contribution >= 0.6 is 11.3 Å². The van der Waals surface area contributed by atoms with Crippen LogP contribution in [-0.4, -0.2) is 31.4 Å². The number of carbonyl (C=O) groups is 1. The molecule has 0 radical (unpaired) electrons. The van der Waals surface area contributed by atoms with Gasteiger partial charge in [-0.1, -0.05) is 23.5 Å². The Kier molecular flexibility index (Phi) is 4.66. The highest BCUT2D eigenvalue weighted by atomic mass is 32.1. The summed E-state index contributed by atoms with van der Waals surface area (Å²) in [5.41, 5.74) is 4.30. The van der Waals surface area contributed by atoms with Crippen molar-refractivity contribution in [3.63, 3.8) is 0 Å². The highest BCUT2D eigenvalue weighted by molar-refractivity contribution is 7.18. The molecule has 1 aliphatic carbocycles. The van der Waals surface area contributed by atoms with E-state index in [9.17, 15) is 9.90 Å². The summed E-state index contributed by atoms with van der Waals surface area (Å²) in [7, 11) is 0. The molecule has 1 aromatic carbocycles. The van der Waals surface area contributed by atoms with Gasteiger partial charge in [0.1, 0.15) is 10.8 Å². The number of anilines is 1. The first-order chi connectivity index (χ1) is 12.7. The predicted molar refractivity (Wildman–Crippen MR) is 99.2 cm³/mol. The number of hydrogen-bond acceptors (Lipinski definition) is 6. The number of aromatic hydroxyl groups is 1. The summed E-state index contributed by atoms with van der Waals surface area (Å²) in [5.74, 6) is 0.0711. The molecule has 0 spiro atoms. The van der Waals surface area contributed by atoms with Crippen LogP contribution in [0.1, 0.15) is 36.2 Å². The van der Waals surface area contributed by atoms with Crippen LogP contribution in [0, 0.1) is 0 Å². The Morgan fingerprint density at radius 2 is 2.15 bits per heavy atom. The standard InChI is InChI=1S/C18H19N5O2S/c24-12-5-3-4-11(10-12)17-22-23-18(26-17)19-16(25)9-8-15-13-6-1-2-7-14(13)20-21-15/h3-5,10,24H,1-2,6-9H2,(H,20,21)(H,19,23,25). The summed E-state index contributed by atoms with van der Waals surface area (Å²) in [4.78, 5) is 12.2. The summed E-state index contributed by atoms with van der Waals surface area (Å²) in [6, 6.07) is 6.80. The van der Waals surface area contributed by atoms with E-state index in [0.717, 1.165) is 24.1 Å². The number of fused-ring (bicyclic) bond motifs is 1. The van der Waals surface area contributed by atoms with E-state index < -0.39 is 0 Å². The SMILES string of the molecule is O=C(CCc1n[nH]c2c1CCCC2)Nc1nnc(-c2cccc(O)c2)s1. The van der Waals surface area contributed by atoms with Crippen molar-refractivity contribution in [2.75, 3.05) is 5.32 Å². The number of nitrogens with zero attached hydrogens (tertiary/aromatic N) is 3. The molecule has 2 heterocycles. The van der Waals surface area contributed by atoms with Crippen molar-refractivity contribution >= 4 is 22.4 Å². The van der Waals surface area contributed by atoms with Gasteiger partial charge >= 0.3 is 0 Å². The predicted octanol–water partition coefficient (Wildman–Crippen LogP) is 3.08. The number of aromatic nitrogens is 4. The zero-order chi connectivity index (χ0) is 17.9. The topological polar surface area (TPSA) is 104 Å². The van der Waals surface area contributed by atoms with Crippen molar-refractivity contribution in [2.45, 2.75) is 38.5 Å². The van der Waals surface area contributed by atoms with Gasteiger partial charge in [-0.25, -0.2) is 0 Å². The normalized spacial score (nSPS) is 13.4. The Bertz CT molecular complexity index is 933. The van der Waals surface area contributed by atoms with Gasteiger partial charge in [0, 0.05) is 24.1 Å². The van der Waals surface area contributed by atoms with Crippen molar-refractivity contribution in [1.82, 2.24) is 20.4 Å². The maximum atomic E-state index is 12.2. The van der Waals surface area contributed by atoms with E-state index in [2.05, 4.69) is 25.7 Å². The van der Waals surface area contributed by atoms with E-state index in [-0.39, 0.29) is 11.7 Å². The zero-order valence-corrected chi connectivity index (χ0v) is 15.0. The molecule has 2 aromatic heterocycles. The Labute approximate surface area is 154 Å². The molecule has 8 heteroatoms. The van der Waals surface area contributed by atoms with Gasteiger partial charge in [0.2, 0.25) is 11.0 Å². The van der Waals surface area contributed by atoms with Crippen molar-refractivity contribution in [3.05, 3.63) is 41.2 Å². The van der Waals surface area contributed by atoms with E-state index in [0.29, 0.717) is 23.0 Å². The summed E-state index contributed by atoms with van der Waals surface area (Å²) < 4.78 is 0. The third kappa shape index (κ3) is 3.60. The average Bonchev–Trinajstić information content (AvgIpc) is 3.27. The molecule has 7 nitrogen and oxygen atoms in total. The minimum atomic E-state index is -0.101. The van der Waals surface area contributed by atoms with Gasteiger partial charge in [0.15, 0.2) is 0 Å². The summed E-state index contributed by atoms with van der Waals surface area (Å²) >= 11 is 1.28. The second-order valence-electron chi connectivity index (χ2n) is 6.35. The molecule has 3 aromatic rings. The van der Waals surface area contributed by atoms with Crippen LogP contribution in [0.25, 0.3) is 10.6 Å². The first-order valence-electron chi connectivity index (χ1n) is 8.67. The van der Waals surface area contributed by atoms with Crippen molar-refractivity contribution < 1.29 is 9.90 Å². The van der Waals surface area contributed by atoms with Crippen LogP contribution < -0.4 is 5.32 Å². The lowest BCUT2D eigenvalue weighted by Crippen LogP contribution is -2.13. The van der Waals surface area contributed by atoms with Gasteiger partial charge in [0.05, 0.1) is 5.69 Å². The number of phenolic OH excluding ortho intramolecular Hbond substituents is 1. The summed E-state index contributed by atoms with van der Waals surface area (Å²) in [6.07, 6.45) is 5.47. The molecule has 4 rings (SSSR count). The number of phenols is 1. The number of nitrogens with one attached hydrogen (secondary N) is 2. The number of benzene rings is 1. The molecule has 1 aliphatic rings. The summed E-state index contributed by atoms with van der Waals surface area (Å²) in [5, 5.41) is 29.0. The van der Waals surface area contributed by atoms with Gasteiger partial charge < -0.3 is 10.4 Å². The molecule has 3 N–H and O–H groups in total. The quantitative estimate of drug-likeness (QED) is 0.641. The fourth-order valence-electron chi connectivity index (χ4n) is 3.20. The third-order valence-electron chi connectivity index (χ3n) is 4.50. The largest absolute Gasteiger partial charge is 0.508 e. The van der Waals surface area contributed by atoms with E-state index >= 15 is 0 Å². The smallest absolute Gasteiger partial charge is 0.226 e. The monoisotopic (exact) mass is 369 g/mol. The highest BCUT2D eigenvalue weighted by Crippen LogP contribution is 2.28. The van der Waals surface area contributed by atoms with Crippen LogP contribution in [0.15, 0.2) is 24.3 Å². The van der Waals surface area contributed by atoms with E-state index in [1.165, 1.54) is 35.4 Å². The van der Waals surface area contributed by atoms with E-state index in [4.69, 9.17) is 0 Å². The van der Waals surface area contributed by atoms with Gasteiger partial charge in [-0.05, 0) is 43.4 Å². The summed E-state index contributed by atoms with van der Waals surface area (Å²) in [6.45, 7) is 0. The van der Waals surface area contributed by atoms with Crippen LogP contribution in [0.3, 0.4) is 0 Å². The Morgan fingerprint density at radius 3 is 3.04 bits per heavy atom. The molecular formula is C18H19N5O2S. The molecule has 0 saturated carbocycles. The molecule has 0 fully saturated rings. The number of H-pyrrole nitrogens is 1. The van der Waals surface area contributed by atoms with E-state index in [1.54, 1.807) is 18.2 Å². The van der Waals surface area contributed by atoms with Crippen molar-refractivity contribution in [2.24, 2.45) is 0 Å². The number of amides is 1. The van der Waals surface area contributed by atoms with Crippen LogP contribution in [0.2, 0.25) is 0 Å². The molecule has 0 bridgehead atoms. The molecule has 0 saturated heterocycles. The lowest BCUT2D eigenvalue weighted by atomic mass is 9.95. The molecule has 0 unspecified atom stereocenters. The lowest BCUT2D eigenvalue weighted by Gasteiger charge is -2.10. The van der Waals surface area contributed by atoms with Crippen LogP contribution in [0.4, 0.5) is 5.13 Å². The molecule has 1 amide bonds. The minimum absolute atomic E-state index is 0.101. The number of carbonyl (C=O) groups excluding carboxylic acids is 1. The Hall–Kier alpha value is -2.74. The third-order valence-corrected chi connectivity index (χ3v) is 5.38. The van der Waals surface area contributed by atoms with Crippen LogP contribution in [-0.2, 0) is 24.1 Å². The van der Waals surface area contributed by atoms with Crippen LogP contribution in [0.5, 0.6) is 5.75 Å². The fourth-order valence-corrected chi connectivity index (χ4v) is 3.96. The van der Waals surface area contributed by atoms with Gasteiger partial charge in [-0.2, -0.15) is 5.10 Å². The Morgan fingerprint density at radius 1 is 1.27 bits per heavy atom. The maximum absolute atomic E-state index is 12.2. The van der Waals surface area contributed by atoms with Crippen molar-refractivity contribution in [3.8, 4) is 16.3 Å². The molecule has 0 aliphatic heterocycles. The minimum Gasteiger partial charge on any atom is -0.508 e. The zero-order valence-electron chi connectivity index (χ0n) is 14.2. The first kappa shape index (κ1) is 16.7. The Balaban J connectivity index is 1.36. The molecular weight excluding hydrogens is 350 g/mol. The molecule has 134 valence electrons. The first-order valence-corrected chi connectivity index (χ1v) is 9.48. The van der Waals surface area contributed by atoms with Gasteiger partial charge in [-0.15, -0.1) is 10.2 Å². The van der Waals surface area contributed by atoms with Gasteiger partial charge in [-0.3, -0.25) is 9.89 Å². The van der Waals surface area contributed by atoms with Gasteiger partial charge in [0.25, 0.3) is 0 Å². The lowest BCUT2D eigenvalue weighted by molar-refractivity contribution is -0.116. The number of rotatable bonds is 5. The number of aryl methyl sites for hydroxylation is 2. The maximum Gasteiger partial charge on any atom is 0.226 e. The number of aromatic amines is 1. The second-order valence-corrected chi connectivity index (χ2v) is 7.32. The second kappa shape index (κ2) is 7.25. The molecule has 0 atom stereocenters. The molecule has 26 heavy (non-hydrogen) atoms. The fraction of sp³-hybridized carbons (Fsp3) is 0.333. The van der Waals surface area contributed by atoms with E-state index in [1.807, 2.05) is 6.07 Å². The average molecular weight is 369 g/mol. The highest BCUT2D eigenvalue weighted by Gasteiger charge is 2.17.